The van der Waals surface area contributed by atoms with Gasteiger partial charge in [-0.05, 0) is 24.0 Å². The largest absolute Gasteiger partial charge is 0.333 e. The van der Waals surface area contributed by atoms with Gasteiger partial charge in [0.15, 0.2) is 0 Å². The maximum atomic E-state index is 12.8. The second kappa shape index (κ2) is 8.00. The third-order valence-corrected chi connectivity index (χ3v) is 5.07. The fraction of sp³-hybridized carbons (Fsp3) is 0.500. The summed E-state index contributed by atoms with van der Waals surface area (Å²) in [5.74, 6) is 1.20. The number of rotatable bonds is 7. The summed E-state index contributed by atoms with van der Waals surface area (Å²) in [7, 11) is 5.27. The van der Waals surface area contributed by atoms with Crippen molar-refractivity contribution in [3.63, 3.8) is 0 Å². The molecule has 0 aromatic heterocycles. The molecule has 0 aliphatic carbocycles. The molecule has 2 aliphatic heterocycles. The molecule has 0 N–H and O–H groups in total. The van der Waals surface area contributed by atoms with Crippen molar-refractivity contribution in [1.29, 1.82) is 0 Å². The van der Waals surface area contributed by atoms with Crippen LogP contribution >= 0.6 is 0 Å². The third kappa shape index (κ3) is 3.78. The molecular formula is C20H28N5O2+. The highest BCUT2D eigenvalue weighted by Crippen LogP contribution is 2.20. The Morgan fingerprint density at radius 3 is 2.48 bits per heavy atom. The van der Waals surface area contributed by atoms with Gasteiger partial charge >= 0.3 is 11.9 Å². The summed E-state index contributed by atoms with van der Waals surface area (Å²) in [4.78, 5) is 34.7. The van der Waals surface area contributed by atoms with Crippen LogP contribution in [-0.2, 0) is 11.3 Å². The summed E-state index contributed by atoms with van der Waals surface area (Å²) >= 11 is 0. The van der Waals surface area contributed by atoms with Crippen LogP contribution in [0.5, 0.6) is 0 Å². The van der Waals surface area contributed by atoms with Crippen molar-refractivity contribution in [3.05, 3.63) is 35.9 Å². The normalized spacial score (nSPS) is 19.9. The maximum absolute atomic E-state index is 12.8. The number of nitrogens with zero attached hydrogens (tertiary/aromatic N) is 5. The van der Waals surface area contributed by atoms with Crippen LogP contribution in [0.3, 0.4) is 0 Å². The second-order valence-electron chi connectivity index (χ2n) is 7.23. The molecule has 1 unspecified atom stereocenters. The third-order valence-electron chi connectivity index (χ3n) is 5.07. The van der Waals surface area contributed by atoms with Crippen LogP contribution < -0.4 is 0 Å². The van der Waals surface area contributed by atoms with E-state index in [2.05, 4.69) is 28.5 Å². The predicted molar refractivity (Wildman–Crippen MR) is 105 cm³/mol. The highest BCUT2D eigenvalue weighted by Gasteiger charge is 2.52. The van der Waals surface area contributed by atoms with E-state index in [4.69, 9.17) is 4.99 Å². The monoisotopic (exact) mass is 370 g/mol. The average molecular weight is 370 g/mol. The molecular weight excluding hydrogens is 342 g/mol. The Morgan fingerprint density at radius 2 is 1.81 bits per heavy atom. The molecule has 1 saturated heterocycles. The zero-order valence-corrected chi connectivity index (χ0v) is 16.6. The number of fused-ring (bicyclic) bond motifs is 1. The van der Waals surface area contributed by atoms with Gasteiger partial charge in [-0.3, -0.25) is 19.5 Å². The fourth-order valence-corrected chi connectivity index (χ4v) is 3.55. The van der Waals surface area contributed by atoms with Crippen molar-refractivity contribution >= 4 is 23.6 Å². The number of hydrogen-bond acceptors (Lipinski definition) is 4. The molecule has 1 aromatic carbocycles. The van der Waals surface area contributed by atoms with E-state index in [1.807, 2.05) is 25.2 Å². The molecule has 3 amide bonds. The summed E-state index contributed by atoms with van der Waals surface area (Å²) in [6, 6.07) is 9.44. The van der Waals surface area contributed by atoms with Crippen molar-refractivity contribution in [2.45, 2.75) is 32.4 Å². The number of amidine groups is 2. The molecule has 144 valence electrons. The Labute approximate surface area is 160 Å². The molecule has 0 spiro atoms. The molecule has 1 fully saturated rings. The zero-order valence-electron chi connectivity index (χ0n) is 16.6. The van der Waals surface area contributed by atoms with Gasteiger partial charge < -0.3 is 0 Å². The SMILES string of the molecule is CCCC[N+]1=C(CN(C)Cc2ccccc2)N=C2C1C(=O)N(C)C(=O)N2C. The van der Waals surface area contributed by atoms with Gasteiger partial charge in [-0.2, -0.15) is 0 Å². The lowest BCUT2D eigenvalue weighted by Crippen LogP contribution is -2.61. The first-order chi connectivity index (χ1) is 12.9. The summed E-state index contributed by atoms with van der Waals surface area (Å²) in [5.41, 5.74) is 1.23. The van der Waals surface area contributed by atoms with Crippen LogP contribution in [0, 0.1) is 0 Å². The van der Waals surface area contributed by atoms with Gasteiger partial charge in [0.05, 0.1) is 6.54 Å². The maximum Gasteiger partial charge on any atom is 0.333 e. The Balaban J connectivity index is 1.86. The van der Waals surface area contributed by atoms with Crippen molar-refractivity contribution in [1.82, 2.24) is 14.7 Å². The van der Waals surface area contributed by atoms with Crippen LogP contribution in [0.1, 0.15) is 25.3 Å². The summed E-state index contributed by atoms with van der Waals surface area (Å²) in [6.45, 7) is 4.30. The predicted octanol–water partition coefficient (Wildman–Crippen LogP) is 1.63. The number of unbranched alkanes of at least 4 members (excludes halogenated alkanes) is 1. The Bertz CT molecular complexity index is 787. The summed E-state index contributed by atoms with van der Waals surface area (Å²) in [6.07, 6.45) is 2.00. The van der Waals surface area contributed by atoms with Crippen molar-refractivity contribution in [2.75, 3.05) is 34.2 Å². The molecule has 1 aromatic rings. The van der Waals surface area contributed by atoms with Gasteiger partial charge in [-0.15, -0.1) is 0 Å². The second-order valence-corrected chi connectivity index (χ2v) is 7.23. The van der Waals surface area contributed by atoms with Crippen LogP contribution in [0.25, 0.3) is 0 Å². The number of carbonyl (C=O) groups excluding carboxylic acids is 2. The number of carbonyl (C=O) groups is 2. The molecule has 2 heterocycles. The van der Waals surface area contributed by atoms with Gasteiger partial charge in [0.2, 0.25) is 0 Å². The van der Waals surface area contributed by atoms with E-state index in [0.29, 0.717) is 12.4 Å². The number of amides is 3. The van der Waals surface area contributed by atoms with Crippen LogP contribution in [0.4, 0.5) is 4.79 Å². The van der Waals surface area contributed by atoms with E-state index >= 15 is 0 Å². The fourth-order valence-electron chi connectivity index (χ4n) is 3.55. The molecule has 27 heavy (non-hydrogen) atoms. The zero-order chi connectivity index (χ0) is 19.6. The van der Waals surface area contributed by atoms with Gasteiger partial charge in [-0.1, -0.05) is 43.7 Å². The van der Waals surface area contributed by atoms with Crippen molar-refractivity contribution in [2.24, 2.45) is 4.99 Å². The van der Waals surface area contributed by atoms with Gasteiger partial charge in [0.25, 0.3) is 17.8 Å². The number of aliphatic imine (C=N–C) groups is 1. The van der Waals surface area contributed by atoms with Crippen molar-refractivity contribution in [3.8, 4) is 0 Å². The highest BCUT2D eigenvalue weighted by molar-refractivity contribution is 6.23. The van der Waals surface area contributed by atoms with E-state index in [0.717, 1.165) is 31.8 Å². The first-order valence-corrected chi connectivity index (χ1v) is 9.42. The molecule has 7 heteroatoms. The first-order valence-electron chi connectivity index (χ1n) is 9.42. The number of benzene rings is 1. The number of urea groups is 1. The summed E-state index contributed by atoms with van der Waals surface area (Å²) in [5, 5.41) is 0. The van der Waals surface area contributed by atoms with E-state index in [1.165, 1.54) is 22.4 Å². The van der Waals surface area contributed by atoms with E-state index in [9.17, 15) is 9.59 Å². The molecule has 0 bridgehead atoms. The number of likely N-dealkylation sites (N-methyl/N-ethyl adjacent to an activating group) is 3. The standard InChI is InChI=1S/C20H28N5O2/c1-5-6-12-25-16(14-22(2)13-15-10-8-7-9-11-15)21-18-17(25)19(26)24(4)20(27)23(18)3/h7-11,17H,5-6,12-14H2,1-4H3/q+1. The van der Waals surface area contributed by atoms with Gasteiger partial charge in [0.1, 0.15) is 6.54 Å². The van der Waals surface area contributed by atoms with Gasteiger partial charge in [-0.25, -0.2) is 9.37 Å². The van der Waals surface area contributed by atoms with Crippen molar-refractivity contribution < 1.29 is 14.2 Å². The topological polar surface area (TPSA) is 59.2 Å². The molecule has 1 atom stereocenters. The molecule has 2 aliphatic rings. The minimum Gasteiger partial charge on any atom is -0.291 e. The first kappa shape index (κ1) is 19.2. The van der Waals surface area contributed by atoms with Gasteiger partial charge in [0, 0.05) is 20.6 Å². The molecule has 3 rings (SSSR count). The van der Waals surface area contributed by atoms with Crippen LogP contribution in [-0.4, -0.2) is 83.2 Å². The number of imide groups is 1. The Hall–Kier alpha value is -2.54. The minimum absolute atomic E-state index is 0.200. The minimum atomic E-state index is -0.496. The van der Waals surface area contributed by atoms with E-state index < -0.39 is 6.04 Å². The summed E-state index contributed by atoms with van der Waals surface area (Å²) < 4.78 is 2.07. The lowest BCUT2D eigenvalue weighted by atomic mass is 10.1. The lowest BCUT2D eigenvalue weighted by molar-refractivity contribution is -0.536. The smallest absolute Gasteiger partial charge is 0.291 e. The van der Waals surface area contributed by atoms with Crippen LogP contribution in [0.2, 0.25) is 0 Å². The van der Waals surface area contributed by atoms with Crippen LogP contribution in [0.15, 0.2) is 35.3 Å². The van der Waals surface area contributed by atoms with E-state index in [-0.39, 0.29) is 11.9 Å². The molecule has 0 saturated carbocycles. The molecule has 7 nitrogen and oxygen atoms in total. The average Bonchev–Trinajstić information content (AvgIpc) is 3.01. The quantitative estimate of drug-likeness (QED) is 0.686. The lowest BCUT2D eigenvalue weighted by Gasteiger charge is -2.30. The number of hydrogen-bond donors (Lipinski definition) is 0. The Morgan fingerprint density at radius 1 is 1.11 bits per heavy atom. The molecule has 0 radical (unpaired) electrons. The van der Waals surface area contributed by atoms with E-state index in [1.54, 1.807) is 7.05 Å². The highest BCUT2D eigenvalue weighted by atomic mass is 16.2. The Kier molecular flexibility index (Phi) is 5.70.